The summed E-state index contributed by atoms with van der Waals surface area (Å²) in [5, 5.41) is 10.7. The second-order valence-electron chi connectivity index (χ2n) is 14.5. The minimum atomic E-state index is -1.33. The molecule has 0 heterocycles. The van der Waals surface area contributed by atoms with Crippen LogP contribution in [0.3, 0.4) is 0 Å². The number of carbonyl (C=O) groups is 1. The second-order valence-corrected chi connectivity index (χ2v) is 16.9. The predicted octanol–water partition coefficient (Wildman–Crippen LogP) is 8.86. The van der Waals surface area contributed by atoms with E-state index in [-0.39, 0.29) is 16.8 Å². The lowest BCUT2D eigenvalue weighted by Gasteiger charge is -2.43. The molecular formula is C32H64O4Si. The fraction of sp³-hybridized carbons (Fsp3) is 0.906. The highest BCUT2D eigenvalue weighted by Crippen LogP contribution is 2.45. The Balaban J connectivity index is 4.79. The van der Waals surface area contributed by atoms with Gasteiger partial charge < -0.3 is 14.3 Å². The van der Waals surface area contributed by atoms with E-state index in [0.717, 1.165) is 32.1 Å². The van der Waals surface area contributed by atoms with Crippen LogP contribution in [0.15, 0.2) is 12.2 Å². The summed E-state index contributed by atoms with van der Waals surface area (Å²) < 4.78 is 11.5. The van der Waals surface area contributed by atoms with E-state index < -0.39 is 26.8 Å². The van der Waals surface area contributed by atoms with Crippen molar-refractivity contribution in [3.8, 4) is 0 Å². The van der Waals surface area contributed by atoms with Crippen LogP contribution in [0.4, 0.5) is 0 Å². The van der Waals surface area contributed by atoms with Gasteiger partial charge in [0.05, 0.1) is 6.10 Å². The molecule has 0 aliphatic carbocycles. The number of carbonyl (C=O) groups excluding carboxylic acids is 1. The third-order valence-corrected chi connectivity index (χ3v) is 7.90. The highest BCUT2D eigenvalue weighted by atomic mass is 28.3. The van der Waals surface area contributed by atoms with Crippen LogP contribution in [0.5, 0.6) is 0 Å². The van der Waals surface area contributed by atoms with Gasteiger partial charge in [-0.05, 0) is 75.8 Å². The summed E-state index contributed by atoms with van der Waals surface area (Å²) in [6.07, 6.45) is 14.1. The van der Waals surface area contributed by atoms with Crippen molar-refractivity contribution in [2.45, 2.75) is 164 Å². The van der Waals surface area contributed by atoms with Crippen LogP contribution >= 0.6 is 0 Å². The van der Waals surface area contributed by atoms with Crippen molar-refractivity contribution in [3.05, 3.63) is 12.2 Å². The molecule has 37 heavy (non-hydrogen) atoms. The first kappa shape index (κ1) is 36.3. The van der Waals surface area contributed by atoms with E-state index in [9.17, 15) is 9.90 Å². The lowest BCUT2D eigenvalue weighted by molar-refractivity contribution is -0.164. The van der Waals surface area contributed by atoms with Gasteiger partial charge in [-0.1, -0.05) is 106 Å². The summed E-state index contributed by atoms with van der Waals surface area (Å²) in [4.78, 5) is 12.5. The maximum Gasteiger partial charge on any atom is 0.334 e. The van der Waals surface area contributed by atoms with Gasteiger partial charge in [-0.25, -0.2) is 4.79 Å². The molecule has 0 radical (unpaired) electrons. The number of hydrogen-bond acceptors (Lipinski definition) is 4. The van der Waals surface area contributed by atoms with E-state index in [0.29, 0.717) is 18.3 Å². The molecule has 0 saturated carbocycles. The first-order chi connectivity index (χ1) is 16.9. The molecule has 0 fully saturated rings. The zero-order chi connectivity index (χ0) is 28.9. The highest BCUT2D eigenvalue weighted by Gasteiger charge is 2.36. The first-order valence-corrected chi connectivity index (χ1v) is 17.9. The van der Waals surface area contributed by atoms with Crippen molar-refractivity contribution in [1.82, 2.24) is 0 Å². The Bertz CT molecular complexity index is 637. The van der Waals surface area contributed by atoms with E-state index in [1.165, 1.54) is 25.7 Å². The number of ether oxygens (including phenoxy) is 1. The lowest BCUT2D eigenvalue weighted by Crippen LogP contribution is -2.35. The largest absolute Gasteiger partial charge is 0.458 e. The molecule has 4 atom stereocenters. The molecule has 0 aliphatic rings. The Morgan fingerprint density at radius 3 is 1.78 bits per heavy atom. The number of esters is 1. The molecule has 1 unspecified atom stereocenters. The molecule has 0 spiro atoms. The molecule has 0 aromatic carbocycles. The summed E-state index contributed by atoms with van der Waals surface area (Å²) in [7, 11) is -1.33. The molecular weight excluding hydrogens is 476 g/mol. The van der Waals surface area contributed by atoms with Crippen LogP contribution in [0.1, 0.15) is 133 Å². The van der Waals surface area contributed by atoms with Gasteiger partial charge >= 0.3 is 5.97 Å². The van der Waals surface area contributed by atoms with Gasteiger partial charge in [0.1, 0.15) is 11.7 Å². The molecule has 0 aromatic rings. The Hall–Kier alpha value is -0.653. The Morgan fingerprint density at radius 2 is 1.32 bits per heavy atom. The summed E-state index contributed by atoms with van der Waals surface area (Å²) in [6, 6.07) is 0. The van der Waals surface area contributed by atoms with Crippen LogP contribution in [-0.2, 0) is 14.0 Å². The molecule has 0 aromatic heterocycles. The lowest BCUT2D eigenvalue weighted by atomic mass is 9.62. The summed E-state index contributed by atoms with van der Waals surface area (Å²) in [5.41, 5.74) is -0.0961. The van der Waals surface area contributed by atoms with E-state index >= 15 is 0 Å². The second kappa shape index (κ2) is 17.1. The highest BCUT2D eigenvalue weighted by molar-refractivity contribution is 6.48. The maximum absolute atomic E-state index is 12.5. The van der Waals surface area contributed by atoms with Gasteiger partial charge in [-0.2, -0.15) is 0 Å². The number of allylic oxidation sites excluding steroid dienone is 1. The van der Waals surface area contributed by atoms with Crippen LogP contribution in [0, 0.1) is 22.7 Å². The molecule has 0 aliphatic heterocycles. The normalized spacial score (nSPS) is 16.7. The molecule has 1 N–H and O–H groups in total. The molecule has 4 nitrogen and oxygen atoms in total. The number of rotatable bonds is 17. The zero-order valence-electron chi connectivity index (χ0n) is 26.8. The summed E-state index contributed by atoms with van der Waals surface area (Å²) in [6.45, 7) is 26.3. The average Bonchev–Trinajstić information content (AvgIpc) is 2.71. The molecule has 5 heteroatoms. The number of aliphatic hydroxyl groups is 1. The van der Waals surface area contributed by atoms with Crippen molar-refractivity contribution in [3.63, 3.8) is 0 Å². The summed E-state index contributed by atoms with van der Waals surface area (Å²) in [5.74, 6) is 0.802. The molecule has 0 rings (SSSR count). The van der Waals surface area contributed by atoms with E-state index in [1.54, 1.807) is 0 Å². The minimum Gasteiger partial charge on any atom is -0.458 e. The van der Waals surface area contributed by atoms with E-state index in [1.807, 2.05) is 20.8 Å². The molecule has 0 amide bonds. The van der Waals surface area contributed by atoms with E-state index in [2.05, 4.69) is 73.7 Å². The molecule has 220 valence electrons. The standard InChI is InChI=1S/C32H64O4Si/c1-13-14-17-21-26(30(2,3)4)27(31(5,6)7)24-23-25(33)20-18-15-16-19-22-28(36-37(11)12)29(34)35-32(8,9)10/h23-28,33,37H,13-22H2,1-12H3/t25-,26-,27-,28?/m0/s1. The van der Waals surface area contributed by atoms with Crippen LogP contribution in [0.2, 0.25) is 13.1 Å². The summed E-state index contributed by atoms with van der Waals surface area (Å²) >= 11 is 0. The van der Waals surface area contributed by atoms with E-state index in [4.69, 9.17) is 9.16 Å². The topological polar surface area (TPSA) is 55.8 Å². The third kappa shape index (κ3) is 17.5. The SMILES string of the molecule is CCCCC[C@@H]([C@H](C=C[C@@H](O)CCCCCCC(O[SiH](C)C)C(=O)OC(C)(C)C)C(C)(C)C)C(C)(C)C. The monoisotopic (exact) mass is 540 g/mol. The van der Waals surface area contributed by atoms with Crippen LogP contribution in [-0.4, -0.2) is 37.9 Å². The van der Waals surface area contributed by atoms with Crippen molar-refractivity contribution in [1.29, 1.82) is 0 Å². The van der Waals surface area contributed by atoms with Crippen molar-refractivity contribution < 1.29 is 19.1 Å². The van der Waals surface area contributed by atoms with Gasteiger partial charge in [-0.3, -0.25) is 0 Å². The minimum absolute atomic E-state index is 0.159. The van der Waals surface area contributed by atoms with Crippen molar-refractivity contribution in [2.75, 3.05) is 0 Å². The van der Waals surface area contributed by atoms with Gasteiger partial charge in [0.15, 0.2) is 9.04 Å². The first-order valence-electron chi connectivity index (χ1n) is 15.1. The fourth-order valence-corrected chi connectivity index (χ4v) is 6.01. The van der Waals surface area contributed by atoms with Crippen LogP contribution < -0.4 is 0 Å². The zero-order valence-corrected chi connectivity index (χ0v) is 27.9. The number of hydrogen-bond donors (Lipinski definition) is 1. The third-order valence-electron chi connectivity index (χ3n) is 7.03. The predicted molar refractivity (Wildman–Crippen MR) is 162 cm³/mol. The van der Waals surface area contributed by atoms with Gasteiger partial charge in [-0.15, -0.1) is 0 Å². The Morgan fingerprint density at radius 1 is 0.784 bits per heavy atom. The number of aliphatic hydroxyl groups excluding tert-OH is 1. The molecule has 0 bridgehead atoms. The molecule has 0 saturated heterocycles. The average molecular weight is 541 g/mol. The van der Waals surface area contributed by atoms with Gasteiger partial charge in [0.25, 0.3) is 0 Å². The Labute approximate surface area is 233 Å². The quantitative estimate of drug-likeness (QED) is 0.0866. The van der Waals surface area contributed by atoms with Crippen molar-refractivity contribution in [2.24, 2.45) is 22.7 Å². The Kier molecular flexibility index (Phi) is 16.8. The number of unbranched alkanes of at least 4 members (excludes halogenated alkanes) is 5. The van der Waals surface area contributed by atoms with Crippen molar-refractivity contribution >= 4 is 15.0 Å². The maximum atomic E-state index is 12.5. The van der Waals surface area contributed by atoms with Crippen LogP contribution in [0.25, 0.3) is 0 Å². The smallest absolute Gasteiger partial charge is 0.334 e. The fourth-order valence-electron chi connectivity index (χ4n) is 5.11. The van der Waals surface area contributed by atoms with Gasteiger partial charge in [0, 0.05) is 0 Å². The van der Waals surface area contributed by atoms with Gasteiger partial charge in [0.2, 0.25) is 0 Å².